The summed E-state index contributed by atoms with van der Waals surface area (Å²) in [5, 5.41) is 0. The molecule has 1 amide bonds. The number of piperazine rings is 1. The molecule has 2 rings (SSSR count). The summed E-state index contributed by atoms with van der Waals surface area (Å²) in [6.45, 7) is 8.92. The average molecular weight is 304 g/mol. The van der Waals surface area contributed by atoms with E-state index in [0.29, 0.717) is 6.54 Å². The van der Waals surface area contributed by atoms with Crippen LogP contribution in [0.25, 0.3) is 0 Å². The molecule has 122 valence electrons. The summed E-state index contributed by atoms with van der Waals surface area (Å²) < 4.78 is 0. The van der Waals surface area contributed by atoms with Crippen LogP contribution in [0.5, 0.6) is 0 Å². The molecule has 0 saturated carbocycles. The van der Waals surface area contributed by atoms with Gasteiger partial charge in [-0.25, -0.2) is 0 Å². The lowest BCUT2D eigenvalue weighted by molar-refractivity contribution is -0.144. The van der Waals surface area contributed by atoms with Gasteiger partial charge in [-0.1, -0.05) is 13.8 Å². The largest absolute Gasteiger partial charge is 0.340 e. The molecular formula is C17H28N4O. The van der Waals surface area contributed by atoms with Gasteiger partial charge in [0.25, 0.3) is 0 Å². The highest BCUT2D eigenvalue weighted by atomic mass is 16.2. The predicted octanol–water partition coefficient (Wildman–Crippen LogP) is 1.49. The van der Waals surface area contributed by atoms with Crippen molar-refractivity contribution >= 4 is 5.91 Å². The molecule has 0 atom stereocenters. The Morgan fingerprint density at radius 1 is 1.18 bits per heavy atom. The lowest BCUT2D eigenvalue weighted by atomic mass is 9.81. The molecule has 1 aromatic heterocycles. The molecule has 1 saturated heterocycles. The normalized spacial score (nSPS) is 16.8. The summed E-state index contributed by atoms with van der Waals surface area (Å²) >= 11 is 0. The Morgan fingerprint density at radius 3 is 2.27 bits per heavy atom. The van der Waals surface area contributed by atoms with E-state index in [1.807, 2.05) is 29.4 Å². The number of nitrogens with two attached hydrogens (primary N) is 1. The molecular weight excluding hydrogens is 276 g/mol. The van der Waals surface area contributed by atoms with Crippen LogP contribution >= 0.6 is 0 Å². The lowest BCUT2D eigenvalue weighted by Gasteiger charge is -2.40. The summed E-state index contributed by atoms with van der Waals surface area (Å²) in [5.74, 6) is 0.239. The maximum absolute atomic E-state index is 12.8. The highest BCUT2D eigenvalue weighted by Crippen LogP contribution is 2.28. The van der Waals surface area contributed by atoms with Crippen molar-refractivity contribution in [1.82, 2.24) is 14.8 Å². The molecule has 0 aliphatic carbocycles. The van der Waals surface area contributed by atoms with Crippen LogP contribution in [-0.4, -0.2) is 53.4 Å². The van der Waals surface area contributed by atoms with Gasteiger partial charge in [-0.05, 0) is 30.5 Å². The first-order valence-corrected chi connectivity index (χ1v) is 8.26. The first-order chi connectivity index (χ1) is 10.6. The average Bonchev–Trinajstić information content (AvgIpc) is 2.58. The molecule has 2 heterocycles. The minimum atomic E-state index is -0.368. The van der Waals surface area contributed by atoms with Gasteiger partial charge in [0.15, 0.2) is 0 Å². The van der Waals surface area contributed by atoms with Crippen LogP contribution in [0.15, 0.2) is 24.5 Å². The number of rotatable bonds is 6. The Kier molecular flexibility index (Phi) is 5.91. The molecule has 2 N–H and O–H groups in total. The quantitative estimate of drug-likeness (QED) is 0.865. The number of amides is 1. The van der Waals surface area contributed by atoms with Crippen molar-refractivity contribution in [3.05, 3.63) is 30.1 Å². The Morgan fingerprint density at radius 2 is 1.77 bits per heavy atom. The summed E-state index contributed by atoms with van der Waals surface area (Å²) in [7, 11) is 0. The number of carbonyl (C=O) groups is 1. The van der Waals surface area contributed by atoms with E-state index in [9.17, 15) is 4.79 Å². The number of hydrogen-bond acceptors (Lipinski definition) is 4. The molecule has 0 radical (unpaired) electrons. The fraction of sp³-hybridized carbons (Fsp3) is 0.647. The highest BCUT2D eigenvalue weighted by molar-refractivity contribution is 5.83. The van der Waals surface area contributed by atoms with Crippen LogP contribution in [0.3, 0.4) is 0 Å². The van der Waals surface area contributed by atoms with Crippen LogP contribution in [0.2, 0.25) is 0 Å². The van der Waals surface area contributed by atoms with E-state index in [0.717, 1.165) is 45.6 Å². The number of hydrogen-bond donors (Lipinski definition) is 1. The minimum absolute atomic E-state index is 0.239. The predicted molar refractivity (Wildman–Crippen MR) is 88.2 cm³/mol. The zero-order valence-electron chi connectivity index (χ0n) is 13.8. The van der Waals surface area contributed by atoms with Gasteiger partial charge in [0.1, 0.15) is 0 Å². The fourth-order valence-corrected chi connectivity index (χ4v) is 3.12. The minimum Gasteiger partial charge on any atom is -0.340 e. The standard InChI is InChI=1S/C17H28N4O/c1-3-17(4-2,14-18)16(22)21-11-9-20(10-12-21)13-15-5-7-19-8-6-15/h5-8H,3-4,9-14,18H2,1-2H3. The number of carbonyl (C=O) groups excluding carboxylic acids is 1. The van der Waals surface area contributed by atoms with Crippen LogP contribution < -0.4 is 5.73 Å². The Bertz CT molecular complexity index is 457. The van der Waals surface area contributed by atoms with Crippen LogP contribution in [-0.2, 0) is 11.3 Å². The van der Waals surface area contributed by atoms with Crippen molar-refractivity contribution in [1.29, 1.82) is 0 Å². The monoisotopic (exact) mass is 304 g/mol. The van der Waals surface area contributed by atoms with Gasteiger partial charge in [0, 0.05) is 51.7 Å². The van der Waals surface area contributed by atoms with Gasteiger partial charge in [0.2, 0.25) is 5.91 Å². The molecule has 1 aliphatic rings. The zero-order valence-corrected chi connectivity index (χ0v) is 13.8. The third-order valence-electron chi connectivity index (χ3n) is 5.01. The Hall–Kier alpha value is -1.46. The van der Waals surface area contributed by atoms with Crippen molar-refractivity contribution < 1.29 is 4.79 Å². The van der Waals surface area contributed by atoms with Gasteiger partial charge >= 0.3 is 0 Å². The SMILES string of the molecule is CCC(CC)(CN)C(=O)N1CCN(Cc2ccncc2)CC1. The fourth-order valence-electron chi connectivity index (χ4n) is 3.12. The third-order valence-corrected chi connectivity index (χ3v) is 5.01. The van der Waals surface area contributed by atoms with E-state index < -0.39 is 0 Å². The molecule has 5 nitrogen and oxygen atoms in total. The van der Waals surface area contributed by atoms with E-state index in [4.69, 9.17) is 5.73 Å². The van der Waals surface area contributed by atoms with Gasteiger partial charge in [-0.2, -0.15) is 0 Å². The molecule has 0 bridgehead atoms. The first kappa shape index (κ1) is 16.9. The second-order valence-electron chi connectivity index (χ2n) is 6.12. The second kappa shape index (κ2) is 7.70. The van der Waals surface area contributed by atoms with Gasteiger partial charge in [-0.15, -0.1) is 0 Å². The molecule has 1 aliphatic heterocycles. The van der Waals surface area contributed by atoms with E-state index in [1.165, 1.54) is 5.56 Å². The molecule has 0 aromatic carbocycles. The molecule has 1 aromatic rings. The van der Waals surface area contributed by atoms with E-state index >= 15 is 0 Å². The lowest BCUT2D eigenvalue weighted by Crippen LogP contribution is -2.54. The van der Waals surface area contributed by atoms with E-state index in [2.05, 4.69) is 23.7 Å². The van der Waals surface area contributed by atoms with Gasteiger partial charge < -0.3 is 10.6 Å². The van der Waals surface area contributed by atoms with Crippen molar-refractivity contribution in [2.24, 2.45) is 11.1 Å². The van der Waals surface area contributed by atoms with Crippen molar-refractivity contribution in [2.45, 2.75) is 33.2 Å². The van der Waals surface area contributed by atoms with Crippen molar-refractivity contribution in [2.75, 3.05) is 32.7 Å². The van der Waals surface area contributed by atoms with Crippen LogP contribution in [0, 0.1) is 5.41 Å². The number of aromatic nitrogens is 1. The van der Waals surface area contributed by atoms with E-state index in [-0.39, 0.29) is 11.3 Å². The Labute approximate surface area is 133 Å². The Balaban J connectivity index is 1.90. The van der Waals surface area contributed by atoms with Gasteiger partial charge in [0.05, 0.1) is 5.41 Å². The smallest absolute Gasteiger partial charge is 0.230 e. The summed E-state index contributed by atoms with van der Waals surface area (Å²) in [4.78, 5) is 21.2. The number of pyridine rings is 1. The first-order valence-electron chi connectivity index (χ1n) is 8.26. The summed E-state index contributed by atoms with van der Waals surface area (Å²) in [6, 6.07) is 4.09. The van der Waals surface area contributed by atoms with Gasteiger partial charge in [-0.3, -0.25) is 14.7 Å². The second-order valence-corrected chi connectivity index (χ2v) is 6.12. The molecule has 22 heavy (non-hydrogen) atoms. The van der Waals surface area contributed by atoms with Crippen LogP contribution in [0.1, 0.15) is 32.3 Å². The number of nitrogens with zero attached hydrogens (tertiary/aromatic N) is 3. The van der Waals surface area contributed by atoms with Crippen LogP contribution in [0.4, 0.5) is 0 Å². The summed E-state index contributed by atoms with van der Waals surface area (Å²) in [5.41, 5.74) is 6.81. The summed E-state index contributed by atoms with van der Waals surface area (Å²) in [6.07, 6.45) is 5.28. The molecule has 1 fully saturated rings. The maximum Gasteiger partial charge on any atom is 0.230 e. The highest BCUT2D eigenvalue weighted by Gasteiger charge is 2.37. The molecule has 0 spiro atoms. The van der Waals surface area contributed by atoms with E-state index in [1.54, 1.807) is 0 Å². The zero-order chi connectivity index (χ0) is 16.0. The topological polar surface area (TPSA) is 62.5 Å². The van der Waals surface area contributed by atoms with Crippen molar-refractivity contribution in [3.8, 4) is 0 Å². The third kappa shape index (κ3) is 3.65. The molecule has 0 unspecified atom stereocenters. The van der Waals surface area contributed by atoms with Crippen molar-refractivity contribution in [3.63, 3.8) is 0 Å². The maximum atomic E-state index is 12.8. The molecule has 5 heteroatoms.